The Bertz CT molecular complexity index is 1630. The molecule has 1 aliphatic heterocycles. The van der Waals surface area contributed by atoms with Crippen LogP contribution in [0.5, 0.6) is 0 Å². The second-order valence-corrected chi connectivity index (χ2v) is 14.9. The molecule has 1 amide bonds. The number of alkyl halides is 3. The highest BCUT2D eigenvalue weighted by atomic mass is 32.2. The molecule has 0 aromatic heterocycles. The number of piperidine rings is 1. The number of anilines is 1. The minimum Gasteiger partial charge on any atom is -0.393 e. The van der Waals surface area contributed by atoms with Gasteiger partial charge in [0.1, 0.15) is 4.90 Å². The van der Waals surface area contributed by atoms with Crippen molar-refractivity contribution in [3.05, 3.63) is 84.4 Å². The first-order valence-electron chi connectivity index (χ1n) is 13.7. The Labute approximate surface area is 258 Å². The van der Waals surface area contributed by atoms with Crippen LogP contribution >= 0.6 is 11.8 Å². The highest BCUT2D eigenvalue weighted by Gasteiger charge is 2.48. The Hall–Kier alpha value is -3.11. The van der Waals surface area contributed by atoms with Crippen LogP contribution in [-0.2, 0) is 19.9 Å². The van der Waals surface area contributed by atoms with E-state index in [-0.39, 0.29) is 11.7 Å². The number of thioether (sulfide) groups is 1. The standard InChI is InChI=1S/C29H32F3N3O6S3/c30-29(31,32)43(38,39)27-19-25(44(40,41)34-28(37)21-7-3-1-4-8-21)11-12-26(27)33-22(20-42-24-9-5-2-6-10-24)13-16-35-17-14-23(36)15-18-35/h1-12,19,22-23,33,36H,13-18,20H2,(H,34,37). The molecule has 3 aromatic rings. The molecule has 3 aromatic carbocycles. The number of nitrogens with zero attached hydrogens (tertiary/aromatic N) is 1. The number of likely N-dealkylation sites (tertiary alicyclic amines) is 1. The molecule has 1 heterocycles. The van der Waals surface area contributed by atoms with Gasteiger partial charge in [-0.1, -0.05) is 36.4 Å². The predicted molar refractivity (Wildman–Crippen MR) is 162 cm³/mol. The summed E-state index contributed by atoms with van der Waals surface area (Å²) in [7, 11) is -10.8. The molecule has 1 unspecified atom stereocenters. The summed E-state index contributed by atoms with van der Waals surface area (Å²) in [4.78, 5) is 13.4. The van der Waals surface area contributed by atoms with Gasteiger partial charge < -0.3 is 15.3 Å². The summed E-state index contributed by atoms with van der Waals surface area (Å²) in [5.41, 5.74) is -6.15. The van der Waals surface area contributed by atoms with E-state index in [9.17, 15) is 39.9 Å². The molecule has 1 aliphatic rings. The van der Waals surface area contributed by atoms with Gasteiger partial charge in [0.2, 0.25) is 0 Å². The van der Waals surface area contributed by atoms with Crippen molar-refractivity contribution in [1.29, 1.82) is 0 Å². The van der Waals surface area contributed by atoms with E-state index in [1.807, 2.05) is 30.3 Å². The number of hydrogen-bond acceptors (Lipinski definition) is 9. The van der Waals surface area contributed by atoms with Gasteiger partial charge in [-0.25, -0.2) is 21.6 Å². The van der Waals surface area contributed by atoms with E-state index in [1.165, 1.54) is 36.0 Å². The lowest BCUT2D eigenvalue weighted by Gasteiger charge is -2.31. The molecule has 1 atom stereocenters. The number of hydrogen-bond donors (Lipinski definition) is 3. The predicted octanol–water partition coefficient (Wildman–Crippen LogP) is 4.52. The maximum absolute atomic E-state index is 13.8. The zero-order valence-corrected chi connectivity index (χ0v) is 25.9. The fourth-order valence-electron chi connectivity index (χ4n) is 4.58. The van der Waals surface area contributed by atoms with E-state index in [4.69, 9.17) is 0 Å². The van der Waals surface area contributed by atoms with Crippen molar-refractivity contribution in [2.24, 2.45) is 0 Å². The van der Waals surface area contributed by atoms with E-state index in [2.05, 4.69) is 10.2 Å². The minimum absolute atomic E-state index is 0.0144. The van der Waals surface area contributed by atoms with Crippen molar-refractivity contribution in [3.8, 4) is 0 Å². The Balaban J connectivity index is 1.64. The number of sulfonamides is 1. The van der Waals surface area contributed by atoms with Crippen molar-refractivity contribution < 1.29 is 39.9 Å². The number of halogens is 3. The van der Waals surface area contributed by atoms with Gasteiger partial charge >= 0.3 is 5.51 Å². The van der Waals surface area contributed by atoms with Crippen LogP contribution in [0.1, 0.15) is 29.6 Å². The van der Waals surface area contributed by atoms with Gasteiger partial charge in [-0.2, -0.15) is 13.2 Å². The van der Waals surface area contributed by atoms with Gasteiger partial charge in [-0.05, 0) is 61.7 Å². The van der Waals surface area contributed by atoms with Gasteiger partial charge in [-0.15, -0.1) is 11.8 Å². The fraction of sp³-hybridized carbons (Fsp3) is 0.345. The van der Waals surface area contributed by atoms with Crippen LogP contribution in [0.25, 0.3) is 0 Å². The van der Waals surface area contributed by atoms with Crippen LogP contribution in [-0.4, -0.2) is 75.8 Å². The zero-order chi connectivity index (χ0) is 32.0. The highest BCUT2D eigenvalue weighted by molar-refractivity contribution is 7.99. The van der Waals surface area contributed by atoms with E-state index in [1.54, 1.807) is 10.8 Å². The van der Waals surface area contributed by atoms with Crippen molar-refractivity contribution in [2.45, 2.75) is 51.6 Å². The molecule has 44 heavy (non-hydrogen) atoms. The smallest absolute Gasteiger partial charge is 0.393 e. The molecule has 1 fully saturated rings. The third-order valence-electron chi connectivity index (χ3n) is 7.03. The van der Waals surface area contributed by atoms with Gasteiger partial charge in [0.15, 0.2) is 0 Å². The molecular formula is C29H32F3N3O6S3. The molecule has 0 saturated carbocycles. The Morgan fingerprint density at radius 1 is 0.955 bits per heavy atom. The van der Waals surface area contributed by atoms with E-state index >= 15 is 0 Å². The lowest BCUT2D eigenvalue weighted by molar-refractivity contribution is -0.0435. The molecule has 238 valence electrons. The first-order valence-corrected chi connectivity index (χ1v) is 17.6. The summed E-state index contributed by atoms with van der Waals surface area (Å²) in [6.07, 6.45) is 1.24. The van der Waals surface area contributed by atoms with Crippen LogP contribution in [0.4, 0.5) is 18.9 Å². The first-order chi connectivity index (χ1) is 20.8. The number of aliphatic hydroxyl groups is 1. The minimum atomic E-state index is -6.01. The van der Waals surface area contributed by atoms with Crippen LogP contribution in [0, 0.1) is 0 Å². The molecule has 0 radical (unpaired) electrons. The van der Waals surface area contributed by atoms with Crippen LogP contribution in [0.15, 0.2) is 93.5 Å². The average Bonchev–Trinajstić information content (AvgIpc) is 2.99. The van der Waals surface area contributed by atoms with Crippen LogP contribution < -0.4 is 10.0 Å². The highest BCUT2D eigenvalue weighted by Crippen LogP contribution is 2.36. The van der Waals surface area contributed by atoms with Gasteiger partial charge in [-0.3, -0.25) is 4.79 Å². The number of aliphatic hydroxyl groups excluding tert-OH is 1. The monoisotopic (exact) mass is 671 g/mol. The van der Waals surface area contributed by atoms with Gasteiger partial charge in [0.05, 0.1) is 16.7 Å². The zero-order valence-electron chi connectivity index (χ0n) is 23.4. The summed E-state index contributed by atoms with van der Waals surface area (Å²) < 4.78 is 94.6. The molecule has 0 spiro atoms. The van der Waals surface area contributed by atoms with E-state index < -0.39 is 52.8 Å². The lowest BCUT2D eigenvalue weighted by Crippen LogP contribution is -2.38. The molecule has 9 nitrogen and oxygen atoms in total. The second-order valence-electron chi connectivity index (χ2n) is 10.2. The normalized spacial score (nSPS) is 15.9. The largest absolute Gasteiger partial charge is 0.501 e. The Kier molecular flexibility index (Phi) is 11.0. The number of rotatable bonds is 12. The summed E-state index contributed by atoms with van der Waals surface area (Å²) in [6.45, 7) is 1.84. The van der Waals surface area contributed by atoms with Crippen LogP contribution in [0.2, 0.25) is 0 Å². The third-order valence-corrected chi connectivity index (χ3v) is 11.1. The summed E-state index contributed by atoms with van der Waals surface area (Å²) in [5.74, 6) is -0.671. The van der Waals surface area contributed by atoms with Gasteiger partial charge in [0, 0.05) is 41.9 Å². The van der Waals surface area contributed by atoms with Crippen molar-refractivity contribution in [3.63, 3.8) is 0 Å². The molecule has 0 aliphatic carbocycles. The summed E-state index contributed by atoms with van der Waals surface area (Å²) >= 11 is 1.43. The van der Waals surface area contributed by atoms with Crippen LogP contribution in [0.3, 0.4) is 0 Å². The van der Waals surface area contributed by atoms with E-state index in [0.29, 0.717) is 50.7 Å². The molecule has 1 saturated heterocycles. The number of sulfone groups is 1. The molecular weight excluding hydrogens is 640 g/mol. The lowest BCUT2D eigenvalue weighted by atomic mass is 10.1. The van der Waals surface area contributed by atoms with Crippen molar-refractivity contribution in [2.75, 3.05) is 30.7 Å². The Morgan fingerprint density at radius 3 is 2.18 bits per heavy atom. The number of carbonyl (C=O) groups excluding carboxylic acids is 1. The van der Waals surface area contributed by atoms with Gasteiger partial charge in [0.25, 0.3) is 25.8 Å². The van der Waals surface area contributed by atoms with E-state index in [0.717, 1.165) is 17.0 Å². The van der Waals surface area contributed by atoms with Crippen molar-refractivity contribution >= 4 is 43.2 Å². The topological polar surface area (TPSA) is 133 Å². The third kappa shape index (κ3) is 8.75. The SMILES string of the molecule is O=C(NS(=O)(=O)c1ccc(NC(CCN2CCC(O)CC2)CSc2ccccc2)c(S(=O)(=O)C(F)(F)F)c1)c1ccccc1. The number of nitrogens with one attached hydrogen (secondary N) is 2. The summed E-state index contributed by atoms with van der Waals surface area (Å²) in [6, 6.07) is 18.4. The quantitative estimate of drug-likeness (QED) is 0.238. The Morgan fingerprint density at radius 2 is 1.57 bits per heavy atom. The maximum atomic E-state index is 13.8. The van der Waals surface area contributed by atoms with Crippen molar-refractivity contribution in [1.82, 2.24) is 9.62 Å². The molecule has 0 bridgehead atoms. The average molecular weight is 672 g/mol. The summed E-state index contributed by atoms with van der Waals surface area (Å²) in [5, 5.41) is 12.7. The number of benzene rings is 3. The maximum Gasteiger partial charge on any atom is 0.501 e. The second kappa shape index (κ2) is 14.3. The molecule has 4 rings (SSSR count). The molecule has 3 N–H and O–H groups in total. The fourth-order valence-corrected chi connectivity index (χ4v) is 7.59. The molecule has 15 heteroatoms. The first kappa shape index (κ1) is 33.8. The number of amides is 1. The number of carbonyl (C=O) groups is 1.